The zero-order valence-corrected chi connectivity index (χ0v) is 24.6. The molecule has 0 fully saturated rings. The van der Waals surface area contributed by atoms with E-state index < -0.39 is 0 Å². The summed E-state index contributed by atoms with van der Waals surface area (Å²) in [6.07, 6.45) is 1.45. The molecular weight excluding hydrogens is 544 g/mol. The summed E-state index contributed by atoms with van der Waals surface area (Å²) in [4.78, 5) is 0. The Morgan fingerprint density at radius 1 is 0.455 bits per heavy atom. The van der Waals surface area contributed by atoms with Gasteiger partial charge in [0.05, 0.1) is 0 Å². The monoisotopic (exact) mass is 578 g/mol. The Morgan fingerprint density at radius 3 is 1.30 bits per heavy atom. The number of para-hydroxylation sites is 4. The minimum atomic E-state index is -0.238. The van der Waals surface area contributed by atoms with Crippen LogP contribution in [0.25, 0.3) is 10.8 Å². The smallest absolute Gasteiger partial charge is 0.127 e. The summed E-state index contributed by atoms with van der Waals surface area (Å²) < 4.78 is 6.83. The van der Waals surface area contributed by atoms with Crippen LogP contribution in [-0.2, 0) is 25.7 Å². The van der Waals surface area contributed by atoms with Gasteiger partial charge in [-0.2, -0.15) is 0 Å². The third kappa shape index (κ3) is 5.24. The number of phenolic OH excluding ortho intramolecular Hbond substituents is 3. The van der Waals surface area contributed by atoms with Crippen LogP contribution >= 0.6 is 0 Å². The highest BCUT2D eigenvalue weighted by molar-refractivity contribution is 5.83. The van der Waals surface area contributed by atoms with Crippen LogP contribution in [0.2, 0.25) is 0 Å². The van der Waals surface area contributed by atoms with Gasteiger partial charge in [0, 0.05) is 25.7 Å². The molecule has 0 spiro atoms. The Kier molecular flexibility index (Phi) is 7.19. The highest BCUT2D eigenvalue weighted by atomic mass is 16.5. The standard InChI is InChI=1S/C40H34O4/c1-25(27-19-18-26-8-2-3-9-28(26)20-27)44-40-35-16-7-17-36(40)24-34-15-6-13-32(39(34)43)22-30-11-4-10-29(37(30)41)21-31-12-5-14-33(23-35)38(31)42/h2-20,25,41-43H,21-24H2,1H3/t25-/m0/s1. The maximum atomic E-state index is 11.4. The summed E-state index contributed by atoms with van der Waals surface area (Å²) in [5, 5.41) is 36.4. The van der Waals surface area contributed by atoms with Gasteiger partial charge in [0.2, 0.25) is 0 Å². The second-order valence-electron chi connectivity index (χ2n) is 11.8. The van der Waals surface area contributed by atoms with Crippen LogP contribution in [0.3, 0.4) is 0 Å². The Balaban J connectivity index is 1.36. The molecule has 7 rings (SSSR count). The van der Waals surface area contributed by atoms with Crippen molar-refractivity contribution in [2.45, 2.75) is 38.7 Å². The first-order chi connectivity index (χ1) is 21.4. The van der Waals surface area contributed by atoms with E-state index in [0.29, 0.717) is 25.7 Å². The molecule has 4 heteroatoms. The number of fused-ring (bicyclic) bond motifs is 9. The van der Waals surface area contributed by atoms with Gasteiger partial charge in [-0.25, -0.2) is 0 Å². The SMILES string of the molecule is C[C@H](Oc1c2cccc1Cc1cccc(c1O)Cc1cccc(c1O)Cc1cccc(c1O)C2)c1ccc2ccccc2c1. The summed E-state index contributed by atoms with van der Waals surface area (Å²) in [5.41, 5.74) is 7.50. The maximum absolute atomic E-state index is 11.4. The topological polar surface area (TPSA) is 69.9 Å². The first-order valence-electron chi connectivity index (χ1n) is 15.1. The minimum absolute atomic E-state index is 0.192. The average molecular weight is 579 g/mol. The van der Waals surface area contributed by atoms with E-state index in [0.717, 1.165) is 61.2 Å². The molecule has 8 bridgehead atoms. The predicted molar refractivity (Wildman–Crippen MR) is 175 cm³/mol. The Morgan fingerprint density at radius 2 is 0.841 bits per heavy atom. The summed E-state index contributed by atoms with van der Waals surface area (Å²) in [6.45, 7) is 2.06. The predicted octanol–water partition coefficient (Wildman–Crippen LogP) is 8.77. The molecule has 0 aromatic heterocycles. The van der Waals surface area contributed by atoms with Crippen LogP contribution in [0.5, 0.6) is 23.0 Å². The van der Waals surface area contributed by atoms with Crippen LogP contribution in [0.15, 0.2) is 115 Å². The third-order valence-corrected chi connectivity index (χ3v) is 8.85. The lowest BCUT2D eigenvalue weighted by atomic mass is 9.91. The number of phenols is 3. The van der Waals surface area contributed by atoms with Crippen molar-refractivity contribution >= 4 is 10.8 Å². The largest absolute Gasteiger partial charge is 0.507 e. The van der Waals surface area contributed by atoms with E-state index in [4.69, 9.17) is 4.74 Å². The van der Waals surface area contributed by atoms with Crippen molar-refractivity contribution in [2.75, 3.05) is 0 Å². The summed E-state index contributed by atoms with van der Waals surface area (Å²) in [7, 11) is 0. The first-order valence-corrected chi connectivity index (χ1v) is 15.1. The number of rotatable bonds is 3. The van der Waals surface area contributed by atoms with Crippen molar-refractivity contribution in [2.24, 2.45) is 0 Å². The molecule has 0 radical (unpaired) electrons. The van der Waals surface area contributed by atoms with Crippen molar-refractivity contribution in [3.05, 3.63) is 165 Å². The zero-order valence-electron chi connectivity index (χ0n) is 24.6. The van der Waals surface area contributed by atoms with Crippen LogP contribution < -0.4 is 4.74 Å². The number of hydrogen-bond donors (Lipinski definition) is 3. The molecule has 6 aromatic rings. The van der Waals surface area contributed by atoms with Crippen molar-refractivity contribution in [1.29, 1.82) is 0 Å². The second-order valence-corrected chi connectivity index (χ2v) is 11.8. The number of aromatic hydroxyl groups is 3. The normalized spacial score (nSPS) is 13.4. The van der Waals surface area contributed by atoms with Gasteiger partial charge in [0.15, 0.2) is 0 Å². The molecule has 1 aliphatic carbocycles. The lowest BCUT2D eigenvalue weighted by molar-refractivity contribution is 0.223. The van der Waals surface area contributed by atoms with Crippen LogP contribution in [0.1, 0.15) is 63.1 Å². The van der Waals surface area contributed by atoms with Gasteiger partial charge in [0.1, 0.15) is 29.1 Å². The van der Waals surface area contributed by atoms with Crippen LogP contribution in [0.4, 0.5) is 0 Å². The molecule has 3 N–H and O–H groups in total. The Hall–Kier alpha value is -5.22. The molecule has 0 unspecified atom stereocenters. The van der Waals surface area contributed by atoms with E-state index in [2.05, 4.69) is 37.3 Å². The fourth-order valence-corrected chi connectivity index (χ4v) is 6.38. The molecule has 44 heavy (non-hydrogen) atoms. The van der Waals surface area contributed by atoms with Crippen molar-refractivity contribution < 1.29 is 20.1 Å². The molecule has 0 aliphatic heterocycles. The van der Waals surface area contributed by atoms with Gasteiger partial charge in [-0.05, 0) is 73.8 Å². The van der Waals surface area contributed by atoms with E-state index in [-0.39, 0.29) is 23.4 Å². The van der Waals surface area contributed by atoms with E-state index in [1.165, 1.54) is 5.39 Å². The zero-order chi connectivity index (χ0) is 30.2. The molecule has 1 aliphatic rings. The van der Waals surface area contributed by atoms with Crippen LogP contribution in [0, 0.1) is 0 Å². The number of ether oxygens (including phenoxy) is 1. The molecule has 0 saturated carbocycles. The van der Waals surface area contributed by atoms with Gasteiger partial charge >= 0.3 is 0 Å². The van der Waals surface area contributed by atoms with Crippen LogP contribution in [-0.4, -0.2) is 15.3 Å². The van der Waals surface area contributed by atoms with Gasteiger partial charge in [-0.1, -0.05) is 109 Å². The fourth-order valence-electron chi connectivity index (χ4n) is 6.38. The molecule has 1 atom stereocenters. The molecular formula is C40H34O4. The lowest BCUT2D eigenvalue weighted by Gasteiger charge is -2.22. The summed E-state index contributed by atoms with van der Waals surface area (Å²) in [5.74, 6) is 1.41. The van der Waals surface area contributed by atoms with Crippen molar-refractivity contribution in [1.82, 2.24) is 0 Å². The lowest BCUT2D eigenvalue weighted by Crippen LogP contribution is -2.08. The maximum Gasteiger partial charge on any atom is 0.127 e. The van der Waals surface area contributed by atoms with Gasteiger partial charge in [-0.3, -0.25) is 0 Å². The summed E-state index contributed by atoms with van der Waals surface area (Å²) >= 11 is 0. The minimum Gasteiger partial charge on any atom is -0.507 e. The van der Waals surface area contributed by atoms with Gasteiger partial charge < -0.3 is 20.1 Å². The quantitative estimate of drug-likeness (QED) is 0.196. The van der Waals surface area contributed by atoms with Gasteiger partial charge in [-0.15, -0.1) is 0 Å². The van der Waals surface area contributed by atoms with E-state index >= 15 is 0 Å². The highest BCUT2D eigenvalue weighted by Crippen LogP contribution is 2.39. The molecule has 0 heterocycles. The molecule has 218 valence electrons. The van der Waals surface area contributed by atoms with Gasteiger partial charge in [0.25, 0.3) is 0 Å². The number of benzene rings is 6. The Bertz CT molecular complexity index is 1910. The number of hydrogen-bond acceptors (Lipinski definition) is 4. The first kappa shape index (κ1) is 27.6. The van der Waals surface area contributed by atoms with E-state index in [1.54, 1.807) is 0 Å². The van der Waals surface area contributed by atoms with Crippen molar-refractivity contribution in [3.8, 4) is 23.0 Å². The van der Waals surface area contributed by atoms with Crippen molar-refractivity contribution in [3.63, 3.8) is 0 Å². The fraction of sp³-hybridized carbons (Fsp3) is 0.150. The highest BCUT2D eigenvalue weighted by Gasteiger charge is 2.21. The van der Waals surface area contributed by atoms with E-state index in [1.807, 2.05) is 84.9 Å². The third-order valence-electron chi connectivity index (χ3n) is 8.85. The van der Waals surface area contributed by atoms with E-state index in [9.17, 15) is 15.3 Å². The molecule has 6 aromatic carbocycles. The molecule has 0 saturated heterocycles. The average Bonchev–Trinajstić information content (AvgIpc) is 3.03. The second kappa shape index (κ2) is 11.5. The molecule has 0 amide bonds. The molecule has 4 nitrogen and oxygen atoms in total. The Labute approximate surface area is 257 Å². The summed E-state index contributed by atoms with van der Waals surface area (Å²) in [6, 6.07) is 38.1.